The van der Waals surface area contributed by atoms with Gasteiger partial charge in [-0.15, -0.1) is 0 Å². The van der Waals surface area contributed by atoms with Gasteiger partial charge in [-0.3, -0.25) is 0 Å². The van der Waals surface area contributed by atoms with Crippen LogP contribution >= 0.6 is 36.7 Å². The number of likely N-dealkylation sites (N-methyl/N-ethyl adjacent to an activating group) is 3. The summed E-state index contributed by atoms with van der Waals surface area (Å²) in [6, 6.07) is 83.6. The maximum absolute atomic E-state index is 13.4. The molecule has 0 aliphatic carbocycles. The Morgan fingerprint density at radius 1 is 0.286 bits per heavy atom. The van der Waals surface area contributed by atoms with Crippen molar-refractivity contribution in [3.63, 3.8) is 0 Å². The smallest absolute Gasteiger partial charge is 0.176 e. The molecule has 27 nitrogen and oxygen atoms in total. The third-order valence-corrected chi connectivity index (χ3v) is 30.6. The van der Waals surface area contributed by atoms with Gasteiger partial charge < -0.3 is 136 Å². The normalized spacial score (nSPS) is 26.3. The van der Waals surface area contributed by atoms with Crippen LogP contribution in [-0.4, -0.2) is 254 Å². The van der Waals surface area contributed by atoms with Gasteiger partial charge in [0.2, 0.25) is 0 Å². The lowest BCUT2D eigenvalue weighted by molar-refractivity contribution is -0.231. The van der Waals surface area contributed by atoms with E-state index >= 15 is 0 Å². The van der Waals surface area contributed by atoms with Crippen LogP contribution in [-0.2, 0) is 14.2 Å². The van der Waals surface area contributed by atoms with Crippen LogP contribution in [0.2, 0.25) is 0 Å². The minimum Gasteiger partial charge on any atom is -0.508 e. The summed E-state index contributed by atoms with van der Waals surface area (Å²) in [5, 5.41) is 190. The predicted octanol–water partition coefficient (Wildman–Crippen LogP) is 14.3. The van der Waals surface area contributed by atoms with Gasteiger partial charge in [0.25, 0.3) is 0 Å². The quantitative estimate of drug-likeness (QED) is 0.0186. The molecule has 6 aliphatic rings. The average molecular weight is 2070 g/mol. The SMILES string of the molecule is CN1C(=S)N(c2ccccc2)C(c2ccc(-c3ccc(C4OC(CO)C(O)C(O)C4O)cc3)cc2O)C1CCCC(O)c1ccc(F)cc1.CN1C(=S)N(c2ccccc2)[C@H](c2ccc(-c3ccc([C@@H]4O[C@H](CO)[C@@H](O)[C@H](O)[C@H]4O)cc3)cc2O)[C@H]1CCCC(O)c1ccc(F)cc1.CN1C(=S)N(c2ccccc2)[C@H](c2ccc(-c3ccc([C@@H]4O[C@H](CO)[C@@H](O)[C@H](O)[C@H]4O)cc3)cc2O)[C@H]1CCC[C@@H](O)c1ccc(F)cc1. The summed E-state index contributed by atoms with van der Waals surface area (Å²) in [5.41, 5.74) is 13.1. The number of hydrogen-bond donors (Lipinski definition) is 18. The first-order valence-corrected chi connectivity index (χ1v) is 50.3. The van der Waals surface area contributed by atoms with E-state index in [-0.39, 0.29) is 71.0 Å². The van der Waals surface area contributed by atoms with Crippen LogP contribution in [0, 0.1) is 17.5 Å². The Labute approximate surface area is 866 Å². The van der Waals surface area contributed by atoms with Crippen LogP contribution in [0.25, 0.3) is 33.4 Å². The molecule has 0 radical (unpaired) electrons. The number of phenols is 3. The van der Waals surface area contributed by atoms with Crippen LogP contribution in [0.4, 0.5) is 30.2 Å². The molecule has 12 aromatic carbocycles. The van der Waals surface area contributed by atoms with Gasteiger partial charge in [-0.1, -0.05) is 200 Å². The maximum Gasteiger partial charge on any atom is 0.176 e. The number of halogens is 3. The Kier molecular flexibility index (Phi) is 35.4. The minimum absolute atomic E-state index is 0.0934. The largest absolute Gasteiger partial charge is 0.508 e. The number of aliphatic hydroxyl groups excluding tert-OH is 15. The molecule has 0 spiro atoms. The van der Waals surface area contributed by atoms with E-state index in [0.29, 0.717) is 123 Å². The number of aromatic hydroxyl groups is 3. The number of nitrogens with zero attached hydrogens (tertiary/aromatic N) is 6. The molecule has 6 fully saturated rings. The Morgan fingerprint density at radius 3 is 0.728 bits per heavy atom. The standard InChI is InChI=1S/3C38H41FN2O7S/c3*1-40-29(8-5-9-30(43)23-14-17-26(39)18-15-23)33(41(38(40)49)27-6-3-2-4-7-27)28-19-16-25(20-31(28)44)22-10-12-24(13-11-22)37-36(47)35(46)34(45)32(21-42)48-37/h3*2-4,6-7,10-20,29-30,32-37,42-47H,5,8-9,21H2,1H3/t29-,30?,32-,33-,34-,35+,36-,37+;29-,30-,32-,33-,34-,35+,36-,37+;/m11./s1. The first-order valence-electron chi connectivity index (χ1n) is 49.1. The molecule has 6 aliphatic heterocycles. The number of para-hydroxylation sites is 3. The molecule has 0 amide bonds. The summed E-state index contributed by atoms with van der Waals surface area (Å²) in [6.07, 6.45) is -15.5. The molecule has 0 saturated carbocycles. The zero-order valence-corrected chi connectivity index (χ0v) is 83.3. The van der Waals surface area contributed by atoms with E-state index in [1.165, 1.54) is 36.4 Å². The first-order chi connectivity index (χ1) is 70.7. The zero-order chi connectivity index (χ0) is 104. The Balaban J connectivity index is 0.000000158. The highest BCUT2D eigenvalue weighted by molar-refractivity contribution is 7.81. The number of hydrogen-bond acceptors (Lipinski definition) is 24. The van der Waals surface area contributed by atoms with Gasteiger partial charge in [0.05, 0.1) is 74.4 Å². The average Bonchev–Trinajstić information content (AvgIpc) is 1.61. The molecule has 12 aromatic rings. The van der Waals surface area contributed by atoms with Gasteiger partial charge in [-0.05, 0) is 252 Å². The zero-order valence-electron chi connectivity index (χ0n) is 80.9. The van der Waals surface area contributed by atoms with Gasteiger partial charge in [0.1, 0.15) is 126 Å². The van der Waals surface area contributed by atoms with E-state index in [4.69, 9.17) is 50.9 Å². The number of benzene rings is 12. The predicted molar refractivity (Wildman–Crippen MR) is 562 cm³/mol. The van der Waals surface area contributed by atoms with Gasteiger partial charge in [0.15, 0.2) is 15.3 Å². The Bertz CT molecular complexity index is 5790. The molecule has 147 heavy (non-hydrogen) atoms. The van der Waals surface area contributed by atoms with Crippen molar-refractivity contribution >= 4 is 69.1 Å². The maximum atomic E-state index is 13.4. The molecular weight excluding hydrogens is 1940 g/mol. The molecule has 6 saturated heterocycles. The molecule has 6 heterocycles. The molecule has 0 aromatic heterocycles. The molecule has 24 atom stereocenters. The lowest BCUT2D eigenvalue weighted by Gasteiger charge is -2.40. The molecule has 774 valence electrons. The summed E-state index contributed by atoms with van der Waals surface area (Å²) in [5.74, 6) is -0.770. The van der Waals surface area contributed by atoms with E-state index in [1.807, 2.05) is 200 Å². The van der Waals surface area contributed by atoms with Crippen molar-refractivity contribution in [3.8, 4) is 50.6 Å². The Morgan fingerprint density at radius 2 is 0.510 bits per heavy atom. The highest BCUT2D eigenvalue weighted by Crippen LogP contribution is 2.51. The Hall–Kier alpha value is -11.8. The summed E-state index contributed by atoms with van der Waals surface area (Å²) in [6.45, 7) is -1.52. The first kappa shape index (κ1) is 108. The van der Waals surface area contributed by atoms with Crippen molar-refractivity contribution in [3.05, 3.63) is 359 Å². The summed E-state index contributed by atoms with van der Waals surface area (Å²) >= 11 is 17.9. The number of anilines is 3. The summed E-state index contributed by atoms with van der Waals surface area (Å²) in [4.78, 5) is 12.3. The van der Waals surface area contributed by atoms with Crippen molar-refractivity contribution in [2.24, 2.45) is 0 Å². The van der Waals surface area contributed by atoms with Gasteiger partial charge >= 0.3 is 0 Å². The van der Waals surface area contributed by atoms with E-state index in [1.54, 1.807) is 91.0 Å². The third-order valence-electron chi connectivity index (χ3n) is 29.2. The second-order valence-corrected chi connectivity index (χ2v) is 39.4. The number of aliphatic hydroxyl groups is 15. The van der Waals surface area contributed by atoms with Crippen molar-refractivity contribution < 1.29 is 119 Å². The fourth-order valence-corrected chi connectivity index (χ4v) is 21.9. The molecule has 0 bridgehead atoms. The number of ether oxygens (including phenoxy) is 3. The summed E-state index contributed by atoms with van der Waals surface area (Å²) in [7, 11) is 5.84. The number of thiocarbonyl (C=S) groups is 3. The van der Waals surface area contributed by atoms with E-state index in [9.17, 15) is 105 Å². The number of phenolic OH excluding ortho intramolecular Hbond substituents is 3. The van der Waals surface area contributed by atoms with E-state index in [0.717, 1.165) is 50.4 Å². The van der Waals surface area contributed by atoms with Crippen molar-refractivity contribution in [2.45, 2.75) is 204 Å². The van der Waals surface area contributed by atoms with Gasteiger partial charge in [0, 0.05) is 54.9 Å². The van der Waals surface area contributed by atoms with Crippen molar-refractivity contribution in [1.29, 1.82) is 0 Å². The van der Waals surface area contributed by atoms with E-state index in [2.05, 4.69) is 14.7 Å². The topological polar surface area (TPSA) is 411 Å². The molecule has 33 heteroatoms. The molecular formula is C114H123F3N6O21S3. The number of rotatable bonds is 30. The fraction of sp³-hybridized carbons (Fsp3) is 0.342. The van der Waals surface area contributed by atoms with E-state index < -0.39 is 130 Å². The monoisotopic (exact) mass is 2060 g/mol. The molecule has 9 unspecified atom stereocenters. The lowest BCUT2D eigenvalue weighted by atomic mass is 9.89. The fourth-order valence-electron chi connectivity index (χ4n) is 20.9. The summed E-state index contributed by atoms with van der Waals surface area (Å²) < 4.78 is 57.3. The van der Waals surface area contributed by atoms with Gasteiger partial charge in [-0.25, -0.2) is 13.2 Å². The van der Waals surface area contributed by atoms with Crippen LogP contribution in [0.5, 0.6) is 17.2 Å². The molecule has 18 rings (SSSR count). The highest BCUT2D eigenvalue weighted by atomic mass is 32.1. The van der Waals surface area contributed by atoms with Crippen LogP contribution in [0.15, 0.2) is 291 Å². The van der Waals surface area contributed by atoms with Crippen LogP contribution in [0.1, 0.15) is 163 Å². The van der Waals surface area contributed by atoms with Crippen molar-refractivity contribution in [1.82, 2.24) is 14.7 Å². The van der Waals surface area contributed by atoms with Crippen molar-refractivity contribution in [2.75, 3.05) is 55.7 Å². The third kappa shape index (κ3) is 23.6. The van der Waals surface area contributed by atoms with Crippen LogP contribution < -0.4 is 14.7 Å². The minimum atomic E-state index is -1.47. The molecule has 18 N–H and O–H groups in total. The lowest BCUT2D eigenvalue weighted by Crippen LogP contribution is -2.55. The second kappa shape index (κ2) is 48.2. The van der Waals surface area contributed by atoms with Crippen LogP contribution in [0.3, 0.4) is 0 Å². The highest BCUT2D eigenvalue weighted by Gasteiger charge is 2.51. The second-order valence-electron chi connectivity index (χ2n) is 38.3. The van der Waals surface area contributed by atoms with Gasteiger partial charge in [-0.2, -0.15) is 0 Å².